The Kier molecular flexibility index (Phi) is 8.39. The first-order chi connectivity index (χ1) is 23.1. The zero-order valence-electron chi connectivity index (χ0n) is 25.3. The van der Waals surface area contributed by atoms with E-state index in [-0.39, 0.29) is 40.9 Å². The number of aliphatic hydroxyl groups is 2. The van der Waals surface area contributed by atoms with Crippen LogP contribution >= 0.6 is 11.3 Å². The molecular formula is C34H30F3N5O5S. The Morgan fingerprint density at radius 2 is 1.75 bits per heavy atom. The van der Waals surface area contributed by atoms with Gasteiger partial charge < -0.3 is 25.6 Å². The maximum atomic E-state index is 15.4. The molecule has 0 radical (unpaired) electrons. The summed E-state index contributed by atoms with van der Waals surface area (Å²) in [6, 6.07) is 15.4. The van der Waals surface area contributed by atoms with E-state index in [0.29, 0.717) is 11.1 Å². The third-order valence-electron chi connectivity index (χ3n) is 8.87. The minimum Gasteiger partial charge on any atom is -0.449 e. The second-order valence-corrected chi connectivity index (χ2v) is 12.9. The van der Waals surface area contributed by atoms with Gasteiger partial charge in [-0.05, 0) is 47.2 Å². The second-order valence-electron chi connectivity index (χ2n) is 11.8. The first-order valence-electron chi connectivity index (χ1n) is 15.4. The molecule has 1 fully saturated rings. The van der Waals surface area contributed by atoms with Gasteiger partial charge in [0.05, 0.1) is 41.1 Å². The molecule has 1 saturated carbocycles. The smallest absolute Gasteiger partial charge is 0.407 e. The van der Waals surface area contributed by atoms with Gasteiger partial charge in [-0.2, -0.15) is 5.10 Å². The van der Waals surface area contributed by atoms with E-state index in [2.05, 4.69) is 20.7 Å². The Labute approximate surface area is 276 Å². The minimum absolute atomic E-state index is 0.00591. The highest BCUT2D eigenvalue weighted by molar-refractivity contribution is 7.14. The van der Waals surface area contributed by atoms with Crippen LogP contribution < -0.4 is 10.6 Å². The molecule has 14 heteroatoms. The van der Waals surface area contributed by atoms with Crippen molar-refractivity contribution in [3.05, 3.63) is 99.9 Å². The lowest BCUT2D eigenvalue weighted by Crippen LogP contribution is -2.62. The van der Waals surface area contributed by atoms with Gasteiger partial charge in [0.15, 0.2) is 5.01 Å². The van der Waals surface area contributed by atoms with E-state index in [9.17, 15) is 24.2 Å². The average molecular weight is 678 g/mol. The summed E-state index contributed by atoms with van der Waals surface area (Å²) < 4.78 is 51.3. The normalized spacial score (nSPS) is 19.0. The molecule has 2 aliphatic rings. The fourth-order valence-corrected chi connectivity index (χ4v) is 7.56. The molecule has 4 N–H and O–H groups in total. The maximum absolute atomic E-state index is 15.4. The molecule has 10 nitrogen and oxygen atoms in total. The van der Waals surface area contributed by atoms with Gasteiger partial charge >= 0.3 is 6.09 Å². The number of aromatic nitrogens is 3. The molecule has 3 aromatic heterocycles. The molecule has 7 rings (SSSR count). The number of hydrogen-bond acceptors (Lipinski definition) is 8. The molecule has 2 aliphatic carbocycles. The third kappa shape index (κ3) is 5.80. The van der Waals surface area contributed by atoms with E-state index in [4.69, 9.17) is 4.74 Å². The number of thiazole rings is 1. The Morgan fingerprint density at radius 1 is 1.04 bits per heavy atom. The van der Waals surface area contributed by atoms with Crippen molar-refractivity contribution in [2.75, 3.05) is 13.2 Å². The molecule has 2 amide bonds. The highest BCUT2D eigenvalue weighted by Gasteiger charge is 2.49. The highest BCUT2D eigenvalue weighted by atomic mass is 32.1. The molecule has 1 unspecified atom stereocenters. The minimum atomic E-state index is -3.37. The van der Waals surface area contributed by atoms with Crippen molar-refractivity contribution >= 4 is 28.9 Å². The molecule has 3 heterocycles. The number of ether oxygens (including phenoxy) is 1. The molecule has 0 aliphatic heterocycles. The van der Waals surface area contributed by atoms with Crippen LogP contribution in [0.4, 0.5) is 18.0 Å². The lowest BCUT2D eigenvalue weighted by molar-refractivity contribution is -0.0715. The van der Waals surface area contributed by atoms with Crippen molar-refractivity contribution in [2.45, 2.75) is 49.3 Å². The number of alkyl halides is 2. The highest BCUT2D eigenvalue weighted by Crippen LogP contribution is 2.44. The van der Waals surface area contributed by atoms with Gasteiger partial charge in [-0.3, -0.25) is 4.79 Å². The van der Waals surface area contributed by atoms with Crippen molar-refractivity contribution in [3.63, 3.8) is 0 Å². The Balaban J connectivity index is 1.09. The SMILES string of the molecule is O=C(N[C@H]1CCCC(F)(F)[C@@H]1NC(=O)c1nc(-c2cnn3cc(F)ccc23)c(C(O)CO)s1)OCC1c2ccccc2-c2ccccc21. The van der Waals surface area contributed by atoms with Gasteiger partial charge in [0.25, 0.3) is 11.8 Å². The fraction of sp³-hybridized carbons (Fsp3) is 0.294. The molecule has 248 valence electrons. The van der Waals surface area contributed by atoms with Crippen LogP contribution in [-0.4, -0.2) is 68.0 Å². The molecule has 0 bridgehead atoms. The van der Waals surface area contributed by atoms with Gasteiger partial charge in [-0.15, -0.1) is 11.3 Å². The quantitative estimate of drug-likeness (QED) is 0.172. The number of nitrogens with one attached hydrogen (secondary N) is 2. The van der Waals surface area contributed by atoms with E-state index in [1.165, 1.54) is 22.8 Å². The predicted octanol–water partition coefficient (Wildman–Crippen LogP) is 5.45. The Bertz CT molecular complexity index is 1970. The number of pyridine rings is 1. The first kappa shape index (κ1) is 31.8. The van der Waals surface area contributed by atoms with E-state index in [1.54, 1.807) is 0 Å². The molecule has 0 spiro atoms. The second kappa shape index (κ2) is 12.7. The van der Waals surface area contributed by atoms with Crippen molar-refractivity contribution in [1.82, 2.24) is 25.2 Å². The number of amides is 2. The van der Waals surface area contributed by atoms with Crippen LogP contribution in [0.15, 0.2) is 73.1 Å². The Morgan fingerprint density at radius 3 is 2.46 bits per heavy atom. The summed E-state index contributed by atoms with van der Waals surface area (Å²) in [5.41, 5.74) is 4.95. The summed E-state index contributed by atoms with van der Waals surface area (Å²) in [5.74, 6) is -5.08. The van der Waals surface area contributed by atoms with Crippen molar-refractivity contribution in [2.24, 2.45) is 0 Å². The first-order valence-corrected chi connectivity index (χ1v) is 16.2. The summed E-state index contributed by atoms with van der Waals surface area (Å²) >= 11 is 0.724. The molecular weight excluding hydrogens is 647 g/mol. The molecule has 48 heavy (non-hydrogen) atoms. The summed E-state index contributed by atoms with van der Waals surface area (Å²) in [4.78, 5) is 30.9. The van der Waals surface area contributed by atoms with Crippen LogP contribution in [-0.2, 0) is 4.74 Å². The largest absolute Gasteiger partial charge is 0.449 e. The standard InChI is InChI=1S/C34H30F3N5O5S/c35-18-11-12-26-23(14-38-42(26)15-18)28-29(27(44)16-43)48-32(40-28)31(45)41-30-25(10-5-13-34(30,36)37)39-33(46)47-17-24-21-8-3-1-6-19(21)20-7-2-4-9-22(20)24/h1-4,6-9,11-12,14-15,24-25,27,30,43-44H,5,10,13,16-17H2,(H,39,46)(H,41,45)/t25-,27?,30+/m0/s1. The van der Waals surface area contributed by atoms with Crippen molar-refractivity contribution in [1.29, 1.82) is 0 Å². The number of alkyl carbamates (subject to hydrolysis) is 1. The number of halogens is 3. The zero-order valence-corrected chi connectivity index (χ0v) is 26.1. The molecule has 3 atom stereocenters. The third-order valence-corrected chi connectivity index (χ3v) is 10.0. The van der Waals surface area contributed by atoms with Crippen LogP contribution in [0.5, 0.6) is 0 Å². The van der Waals surface area contributed by atoms with E-state index >= 15 is 8.78 Å². The van der Waals surface area contributed by atoms with Crippen LogP contribution in [0, 0.1) is 5.82 Å². The van der Waals surface area contributed by atoms with Crippen molar-refractivity contribution in [3.8, 4) is 22.4 Å². The number of aliphatic hydroxyl groups excluding tert-OH is 2. The number of benzene rings is 2. The van der Waals surface area contributed by atoms with Gasteiger partial charge in [-0.25, -0.2) is 27.5 Å². The van der Waals surface area contributed by atoms with Gasteiger partial charge in [0.2, 0.25) is 0 Å². The van der Waals surface area contributed by atoms with Crippen LogP contribution in [0.3, 0.4) is 0 Å². The molecule has 2 aromatic carbocycles. The van der Waals surface area contributed by atoms with Crippen LogP contribution in [0.1, 0.15) is 57.1 Å². The number of carbonyl (C=O) groups excluding carboxylic acids is 2. The number of rotatable bonds is 8. The lowest BCUT2D eigenvalue weighted by atomic mass is 9.87. The maximum Gasteiger partial charge on any atom is 0.407 e. The number of carbonyl (C=O) groups is 2. The summed E-state index contributed by atoms with van der Waals surface area (Å²) in [5, 5.41) is 29.0. The van der Waals surface area contributed by atoms with Gasteiger partial charge in [-0.1, -0.05) is 48.5 Å². The Hall–Kier alpha value is -4.79. The van der Waals surface area contributed by atoms with E-state index < -0.39 is 55.0 Å². The number of fused-ring (bicyclic) bond motifs is 4. The molecule has 0 saturated heterocycles. The van der Waals surface area contributed by atoms with Crippen LogP contribution in [0.2, 0.25) is 0 Å². The average Bonchev–Trinajstić information content (AvgIpc) is 3.78. The predicted molar refractivity (Wildman–Crippen MR) is 170 cm³/mol. The number of nitrogens with zero attached hydrogens (tertiary/aromatic N) is 3. The topological polar surface area (TPSA) is 138 Å². The lowest BCUT2D eigenvalue weighted by Gasteiger charge is -2.38. The van der Waals surface area contributed by atoms with E-state index in [0.717, 1.165) is 39.8 Å². The van der Waals surface area contributed by atoms with Crippen LogP contribution in [0.25, 0.3) is 27.9 Å². The zero-order chi connectivity index (χ0) is 33.6. The monoisotopic (exact) mass is 677 g/mol. The fourth-order valence-electron chi connectivity index (χ4n) is 6.60. The number of hydrogen-bond donors (Lipinski definition) is 4. The summed E-state index contributed by atoms with van der Waals surface area (Å²) in [7, 11) is 0. The molecule has 5 aromatic rings. The van der Waals surface area contributed by atoms with Gasteiger partial charge in [0.1, 0.15) is 24.6 Å². The van der Waals surface area contributed by atoms with Crippen molar-refractivity contribution < 1.29 is 37.7 Å². The summed E-state index contributed by atoms with van der Waals surface area (Å²) in [6.45, 7) is -0.703. The van der Waals surface area contributed by atoms with E-state index in [1.807, 2.05) is 48.5 Å². The van der Waals surface area contributed by atoms with Gasteiger partial charge in [0, 0.05) is 17.9 Å². The summed E-state index contributed by atoms with van der Waals surface area (Å²) in [6.07, 6.45) is -0.0455.